The largest absolute Gasteiger partial charge is 0.394 e. The molecule has 0 aliphatic carbocycles. The van der Waals surface area contributed by atoms with Crippen LogP contribution in [0.2, 0.25) is 0 Å². The second-order valence-electron chi connectivity index (χ2n) is 3.79. The summed E-state index contributed by atoms with van der Waals surface area (Å²) in [5, 5.41) is 8.93. The summed E-state index contributed by atoms with van der Waals surface area (Å²) < 4.78 is 11.3. The Morgan fingerprint density at radius 3 is 2.83 bits per heavy atom. The quantitative estimate of drug-likeness (QED) is 0.633. The van der Waals surface area contributed by atoms with Crippen molar-refractivity contribution < 1.29 is 14.6 Å². The average Bonchev–Trinajstić information content (AvgIpc) is 2.63. The van der Waals surface area contributed by atoms with Crippen molar-refractivity contribution in [2.24, 2.45) is 0 Å². The molecule has 0 unspecified atom stereocenters. The van der Waals surface area contributed by atoms with Crippen molar-refractivity contribution in [1.29, 1.82) is 0 Å². The predicted octanol–water partition coefficient (Wildman–Crippen LogP) is 0.705. The number of ether oxygens (including phenoxy) is 2. The van der Waals surface area contributed by atoms with Crippen LogP contribution in [0.5, 0.6) is 0 Å². The second-order valence-corrected chi connectivity index (χ2v) is 3.79. The Morgan fingerprint density at radius 2 is 2.33 bits per heavy atom. The van der Waals surface area contributed by atoms with E-state index < -0.39 is 0 Å². The number of rotatable bonds is 1. The minimum absolute atomic E-state index is 0.0501. The van der Waals surface area contributed by atoms with Gasteiger partial charge < -0.3 is 14.6 Å². The van der Waals surface area contributed by atoms with Gasteiger partial charge in [0, 0.05) is 13.0 Å². The molecule has 2 aliphatic heterocycles. The standard InChI is InChI=1S/C9H16O3/c1-7-9(4-5-11-7)3-2-8(6-10)12-9/h7-8,10H,2-6H2,1H3/t7-,8+,9-/m0/s1. The van der Waals surface area contributed by atoms with Gasteiger partial charge in [-0.3, -0.25) is 0 Å². The molecule has 3 heteroatoms. The fourth-order valence-corrected chi connectivity index (χ4v) is 2.23. The molecule has 1 spiro atoms. The lowest BCUT2D eigenvalue weighted by Crippen LogP contribution is -2.36. The van der Waals surface area contributed by atoms with Gasteiger partial charge in [-0.15, -0.1) is 0 Å². The second kappa shape index (κ2) is 2.98. The van der Waals surface area contributed by atoms with Gasteiger partial charge in [0.15, 0.2) is 0 Å². The van der Waals surface area contributed by atoms with E-state index in [9.17, 15) is 0 Å². The highest BCUT2D eigenvalue weighted by atomic mass is 16.6. The third-order valence-electron chi connectivity index (χ3n) is 3.13. The number of aliphatic hydroxyl groups excluding tert-OH is 1. The van der Waals surface area contributed by atoms with E-state index in [0.29, 0.717) is 0 Å². The van der Waals surface area contributed by atoms with Crippen LogP contribution in [0, 0.1) is 0 Å². The first kappa shape index (κ1) is 8.48. The lowest BCUT2D eigenvalue weighted by atomic mass is 9.93. The molecule has 2 heterocycles. The molecule has 0 aromatic heterocycles. The first-order valence-electron chi connectivity index (χ1n) is 4.67. The van der Waals surface area contributed by atoms with E-state index in [-0.39, 0.29) is 24.4 Å². The van der Waals surface area contributed by atoms with E-state index in [1.807, 2.05) is 0 Å². The third-order valence-corrected chi connectivity index (χ3v) is 3.13. The fraction of sp³-hybridized carbons (Fsp3) is 1.00. The van der Waals surface area contributed by atoms with Crippen molar-refractivity contribution in [1.82, 2.24) is 0 Å². The summed E-state index contributed by atoms with van der Waals surface area (Å²) in [5.74, 6) is 0. The van der Waals surface area contributed by atoms with E-state index in [0.717, 1.165) is 25.9 Å². The minimum Gasteiger partial charge on any atom is -0.394 e. The number of hydrogen-bond acceptors (Lipinski definition) is 3. The molecular formula is C9H16O3. The summed E-state index contributed by atoms with van der Waals surface area (Å²) in [6, 6.07) is 0. The van der Waals surface area contributed by atoms with Crippen LogP contribution in [0.25, 0.3) is 0 Å². The van der Waals surface area contributed by atoms with Crippen LogP contribution in [-0.2, 0) is 9.47 Å². The molecule has 0 saturated carbocycles. The zero-order valence-corrected chi connectivity index (χ0v) is 7.45. The maximum Gasteiger partial charge on any atom is 0.0967 e. The molecule has 0 bridgehead atoms. The van der Waals surface area contributed by atoms with E-state index in [1.165, 1.54) is 0 Å². The summed E-state index contributed by atoms with van der Waals surface area (Å²) in [5.41, 5.74) is -0.0621. The van der Waals surface area contributed by atoms with Gasteiger partial charge in [-0.05, 0) is 19.8 Å². The highest BCUT2D eigenvalue weighted by Gasteiger charge is 2.47. The maximum absolute atomic E-state index is 8.93. The fourth-order valence-electron chi connectivity index (χ4n) is 2.23. The molecule has 2 rings (SSSR count). The van der Waals surface area contributed by atoms with E-state index in [4.69, 9.17) is 14.6 Å². The summed E-state index contributed by atoms with van der Waals surface area (Å²) in [6.45, 7) is 3.01. The first-order valence-corrected chi connectivity index (χ1v) is 4.67. The molecule has 2 saturated heterocycles. The molecule has 0 amide bonds. The molecule has 70 valence electrons. The molecule has 0 aromatic rings. The molecule has 2 fully saturated rings. The third kappa shape index (κ3) is 1.16. The monoisotopic (exact) mass is 172 g/mol. The minimum atomic E-state index is -0.0621. The zero-order chi connectivity index (χ0) is 8.60. The van der Waals surface area contributed by atoms with Crippen LogP contribution in [0.15, 0.2) is 0 Å². The average molecular weight is 172 g/mol. The Bertz CT molecular complexity index is 171. The zero-order valence-electron chi connectivity index (χ0n) is 7.45. The van der Waals surface area contributed by atoms with Gasteiger partial charge in [-0.1, -0.05) is 0 Å². The van der Waals surface area contributed by atoms with Crippen LogP contribution in [0.4, 0.5) is 0 Å². The van der Waals surface area contributed by atoms with Crippen molar-refractivity contribution in [3.8, 4) is 0 Å². The van der Waals surface area contributed by atoms with Gasteiger partial charge in [0.1, 0.15) is 0 Å². The van der Waals surface area contributed by atoms with E-state index >= 15 is 0 Å². The van der Waals surface area contributed by atoms with Gasteiger partial charge in [0.2, 0.25) is 0 Å². The molecule has 12 heavy (non-hydrogen) atoms. The highest BCUT2D eigenvalue weighted by Crippen LogP contribution is 2.40. The summed E-state index contributed by atoms with van der Waals surface area (Å²) in [6.07, 6.45) is 3.26. The van der Waals surface area contributed by atoms with Crippen LogP contribution in [0.1, 0.15) is 26.2 Å². The Balaban J connectivity index is 2.04. The van der Waals surface area contributed by atoms with E-state index in [1.54, 1.807) is 0 Å². The smallest absolute Gasteiger partial charge is 0.0967 e. The van der Waals surface area contributed by atoms with E-state index in [2.05, 4.69) is 6.92 Å². The van der Waals surface area contributed by atoms with Crippen molar-refractivity contribution in [3.63, 3.8) is 0 Å². The predicted molar refractivity (Wildman–Crippen MR) is 44.0 cm³/mol. The molecule has 2 aliphatic rings. The lowest BCUT2D eigenvalue weighted by Gasteiger charge is -2.26. The molecular weight excluding hydrogens is 156 g/mol. The Labute approximate surface area is 72.7 Å². The SMILES string of the molecule is C[C@@H]1OCC[C@@]12CC[C@H](CO)O2. The molecule has 1 N–H and O–H groups in total. The van der Waals surface area contributed by atoms with Crippen LogP contribution < -0.4 is 0 Å². The summed E-state index contributed by atoms with van der Waals surface area (Å²) in [4.78, 5) is 0. The van der Waals surface area contributed by atoms with Gasteiger partial charge in [-0.25, -0.2) is 0 Å². The molecule has 3 atom stereocenters. The maximum atomic E-state index is 8.93. The van der Waals surface area contributed by atoms with Crippen LogP contribution >= 0.6 is 0 Å². The van der Waals surface area contributed by atoms with Crippen molar-refractivity contribution in [3.05, 3.63) is 0 Å². The highest BCUT2D eigenvalue weighted by molar-refractivity contribution is 4.96. The van der Waals surface area contributed by atoms with Gasteiger partial charge in [0.05, 0.1) is 24.4 Å². The van der Waals surface area contributed by atoms with Crippen molar-refractivity contribution >= 4 is 0 Å². The van der Waals surface area contributed by atoms with Crippen molar-refractivity contribution in [2.75, 3.05) is 13.2 Å². The number of hydrogen-bond donors (Lipinski definition) is 1. The summed E-state index contributed by atoms with van der Waals surface area (Å²) in [7, 11) is 0. The van der Waals surface area contributed by atoms with Gasteiger partial charge in [0.25, 0.3) is 0 Å². The Morgan fingerprint density at radius 1 is 1.50 bits per heavy atom. The Hall–Kier alpha value is -0.120. The van der Waals surface area contributed by atoms with Gasteiger partial charge >= 0.3 is 0 Å². The molecule has 0 aromatic carbocycles. The molecule has 0 radical (unpaired) electrons. The van der Waals surface area contributed by atoms with Crippen LogP contribution in [-0.4, -0.2) is 36.1 Å². The topological polar surface area (TPSA) is 38.7 Å². The van der Waals surface area contributed by atoms with Crippen LogP contribution in [0.3, 0.4) is 0 Å². The lowest BCUT2D eigenvalue weighted by molar-refractivity contribution is -0.0898. The number of aliphatic hydroxyl groups is 1. The first-order chi connectivity index (χ1) is 5.77. The normalized spacial score (nSPS) is 47.5. The summed E-state index contributed by atoms with van der Waals surface area (Å²) >= 11 is 0. The molecule has 3 nitrogen and oxygen atoms in total. The van der Waals surface area contributed by atoms with Crippen molar-refractivity contribution in [2.45, 2.75) is 44.0 Å². The van der Waals surface area contributed by atoms with Gasteiger partial charge in [-0.2, -0.15) is 0 Å². The Kier molecular flexibility index (Phi) is 2.10.